The van der Waals surface area contributed by atoms with Crippen LogP contribution in [0.3, 0.4) is 0 Å². The van der Waals surface area contributed by atoms with Crippen LogP contribution in [0.2, 0.25) is 0 Å². The third-order valence-electron chi connectivity index (χ3n) is 3.85. The van der Waals surface area contributed by atoms with Crippen LogP contribution in [0.1, 0.15) is 34.5 Å². The van der Waals surface area contributed by atoms with Crippen LogP contribution in [0.25, 0.3) is 6.08 Å². The number of allylic oxidation sites excluding steroid dienone is 1. The van der Waals surface area contributed by atoms with Crippen LogP contribution >= 0.6 is 0 Å². The first-order chi connectivity index (χ1) is 10.5. The van der Waals surface area contributed by atoms with Crippen molar-refractivity contribution in [2.75, 3.05) is 0 Å². The fourth-order valence-electron chi connectivity index (χ4n) is 2.34. The van der Waals surface area contributed by atoms with E-state index in [4.69, 9.17) is 0 Å². The highest BCUT2D eigenvalue weighted by atomic mass is 16.3. The van der Waals surface area contributed by atoms with Crippen molar-refractivity contribution >= 4 is 11.9 Å². The van der Waals surface area contributed by atoms with Gasteiger partial charge in [-0.25, -0.2) is 0 Å². The van der Waals surface area contributed by atoms with Crippen molar-refractivity contribution in [3.8, 4) is 11.5 Å². The van der Waals surface area contributed by atoms with Gasteiger partial charge in [0.25, 0.3) is 0 Å². The number of nitrogens with zero attached hydrogens (tertiary/aromatic N) is 2. The second-order valence-corrected chi connectivity index (χ2v) is 5.74. The number of hydrogen-bond donors (Lipinski definition) is 2. The molecule has 2 N–H and O–H groups in total. The summed E-state index contributed by atoms with van der Waals surface area (Å²) in [6.07, 6.45) is 7.41. The van der Waals surface area contributed by atoms with Crippen molar-refractivity contribution in [1.29, 1.82) is 0 Å². The normalized spacial score (nSPS) is 14.6. The Bertz CT molecular complexity index is 719. The van der Waals surface area contributed by atoms with Crippen LogP contribution in [-0.4, -0.2) is 25.8 Å². The van der Waals surface area contributed by atoms with E-state index >= 15 is 0 Å². The van der Waals surface area contributed by atoms with Crippen molar-refractivity contribution in [2.45, 2.75) is 26.3 Å². The Balaban J connectivity index is 1.77. The van der Waals surface area contributed by atoms with Crippen LogP contribution in [0.5, 0.6) is 11.5 Å². The summed E-state index contributed by atoms with van der Waals surface area (Å²) in [7, 11) is 0. The lowest BCUT2D eigenvalue weighted by Gasteiger charge is -2.05. The fourth-order valence-corrected chi connectivity index (χ4v) is 2.34. The largest absolute Gasteiger partial charge is 0.504 e. The van der Waals surface area contributed by atoms with E-state index in [0.717, 1.165) is 12.2 Å². The fraction of sp³-hybridized carbons (Fsp3) is 0.294. The molecule has 5 heteroatoms. The molecule has 1 fully saturated rings. The number of rotatable bonds is 5. The van der Waals surface area contributed by atoms with Gasteiger partial charge < -0.3 is 10.2 Å². The molecule has 0 aliphatic heterocycles. The molecule has 22 heavy (non-hydrogen) atoms. The first-order valence-electron chi connectivity index (χ1n) is 7.31. The van der Waals surface area contributed by atoms with E-state index in [0.29, 0.717) is 17.0 Å². The molecule has 5 nitrogen and oxygen atoms in total. The number of carbonyl (C=O) groups is 1. The first-order valence-corrected chi connectivity index (χ1v) is 7.31. The molecule has 0 atom stereocenters. The standard InChI is InChI=1S/C17H18N2O3/c1-11-8-13(9-16(21)17(11)22)15(20)5-4-14-6-7-18-19(14)10-12-2-3-12/h4-9,12,21-22H,2-3,10H2,1H3/b5-4+. The molecule has 1 aliphatic rings. The number of carbonyl (C=O) groups excluding carboxylic acids is 1. The summed E-state index contributed by atoms with van der Waals surface area (Å²) < 4.78 is 1.90. The molecule has 0 spiro atoms. The average Bonchev–Trinajstić information content (AvgIpc) is 3.19. The lowest BCUT2D eigenvalue weighted by atomic mass is 10.1. The van der Waals surface area contributed by atoms with Crippen molar-refractivity contribution in [1.82, 2.24) is 9.78 Å². The maximum absolute atomic E-state index is 12.2. The minimum atomic E-state index is -0.282. The second-order valence-electron chi connectivity index (χ2n) is 5.74. The molecule has 3 rings (SSSR count). The lowest BCUT2D eigenvalue weighted by Crippen LogP contribution is -2.04. The molecule has 1 aromatic heterocycles. The Morgan fingerprint density at radius 1 is 1.41 bits per heavy atom. The van der Waals surface area contributed by atoms with Gasteiger partial charge in [0.05, 0.1) is 5.69 Å². The summed E-state index contributed by atoms with van der Waals surface area (Å²) in [6, 6.07) is 4.70. The van der Waals surface area contributed by atoms with Crippen LogP contribution < -0.4 is 0 Å². The van der Waals surface area contributed by atoms with Gasteiger partial charge in [-0.2, -0.15) is 5.10 Å². The van der Waals surface area contributed by atoms with Gasteiger partial charge in [-0.15, -0.1) is 0 Å². The Hall–Kier alpha value is -2.56. The molecule has 1 aliphatic carbocycles. The zero-order valence-electron chi connectivity index (χ0n) is 12.4. The summed E-state index contributed by atoms with van der Waals surface area (Å²) in [6.45, 7) is 2.53. The summed E-state index contributed by atoms with van der Waals surface area (Å²) in [5, 5.41) is 23.4. The number of aromatic nitrogens is 2. The van der Waals surface area contributed by atoms with E-state index in [1.54, 1.807) is 25.3 Å². The van der Waals surface area contributed by atoms with Crippen LogP contribution in [0, 0.1) is 12.8 Å². The number of aryl methyl sites for hydroxylation is 1. The molecule has 1 aromatic carbocycles. The van der Waals surface area contributed by atoms with Gasteiger partial charge in [0.2, 0.25) is 0 Å². The molecule has 1 heterocycles. The summed E-state index contributed by atoms with van der Waals surface area (Å²) in [5.74, 6) is 0.00980. The number of phenolic OH excluding ortho intramolecular Hbond substituents is 2. The number of phenols is 2. The number of ketones is 1. The maximum Gasteiger partial charge on any atom is 0.186 e. The van der Waals surface area contributed by atoms with Crippen molar-refractivity contribution in [2.24, 2.45) is 5.92 Å². The van der Waals surface area contributed by atoms with Gasteiger partial charge in [0.1, 0.15) is 0 Å². The van der Waals surface area contributed by atoms with E-state index in [-0.39, 0.29) is 17.3 Å². The van der Waals surface area contributed by atoms with Gasteiger partial charge in [-0.05, 0) is 61.6 Å². The molecule has 0 radical (unpaired) electrons. The quantitative estimate of drug-likeness (QED) is 0.505. The molecule has 0 saturated heterocycles. The molecular weight excluding hydrogens is 280 g/mol. The SMILES string of the molecule is Cc1cc(C(=O)/C=C/c2ccnn2CC2CC2)cc(O)c1O. The highest BCUT2D eigenvalue weighted by Gasteiger charge is 2.22. The summed E-state index contributed by atoms with van der Waals surface area (Å²) in [4.78, 5) is 12.2. The second kappa shape index (κ2) is 5.67. The van der Waals surface area contributed by atoms with E-state index in [9.17, 15) is 15.0 Å². The molecule has 0 amide bonds. The van der Waals surface area contributed by atoms with Crippen LogP contribution in [0.15, 0.2) is 30.5 Å². The number of hydrogen-bond acceptors (Lipinski definition) is 4. The Morgan fingerprint density at radius 3 is 2.86 bits per heavy atom. The maximum atomic E-state index is 12.2. The smallest absolute Gasteiger partial charge is 0.186 e. The third-order valence-corrected chi connectivity index (χ3v) is 3.85. The highest BCUT2D eigenvalue weighted by Crippen LogP contribution is 2.31. The zero-order valence-corrected chi connectivity index (χ0v) is 12.4. The first kappa shape index (κ1) is 14.4. The van der Waals surface area contributed by atoms with Crippen LogP contribution in [-0.2, 0) is 6.54 Å². The van der Waals surface area contributed by atoms with Gasteiger partial charge in [-0.1, -0.05) is 0 Å². The number of benzene rings is 1. The van der Waals surface area contributed by atoms with Gasteiger partial charge in [-0.3, -0.25) is 9.48 Å². The summed E-state index contributed by atoms with van der Waals surface area (Å²) in [5.41, 5.74) is 1.70. The van der Waals surface area contributed by atoms with E-state index < -0.39 is 0 Å². The van der Waals surface area contributed by atoms with Gasteiger partial charge in [0, 0.05) is 18.3 Å². The highest BCUT2D eigenvalue weighted by molar-refractivity contribution is 6.07. The van der Waals surface area contributed by atoms with Gasteiger partial charge in [0.15, 0.2) is 17.3 Å². The molecule has 114 valence electrons. The molecule has 2 aromatic rings. The lowest BCUT2D eigenvalue weighted by molar-refractivity contribution is 0.104. The molecule has 0 unspecified atom stereocenters. The van der Waals surface area contributed by atoms with Crippen molar-refractivity contribution in [3.63, 3.8) is 0 Å². The zero-order chi connectivity index (χ0) is 15.7. The number of aromatic hydroxyl groups is 2. The minimum absolute atomic E-state index is 0.192. The Labute approximate surface area is 128 Å². The summed E-state index contributed by atoms with van der Waals surface area (Å²) >= 11 is 0. The van der Waals surface area contributed by atoms with Gasteiger partial charge >= 0.3 is 0 Å². The topological polar surface area (TPSA) is 75.4 Å². The minimum Gasteiger partial charge on any atom is -0.504 e. The predicted molar refractivity (Wildman–Crippen MR) is 82.8 cm³/mol. The molecule has 1 saturated carbocycles. The van der Waals surface area contributed by atoms with E-state index in [1.807, 2.05) is 10.7 Å². The third kappa shape index (κ3) is 3.03. The van der Waals surface area contributed by atoms with Crippen LogP contribution in [0.4, 0.5) is 0 Å². The average molecular weight is 298 g/mol. The predicted octanol–water partition coefficient (Wildman–Crippen LogP) is 2.91. The van der Waals surface area contributed by atoms with Crippen molar-refractivity contribution < 1.29 is 15.0 Å². The van der Waals surface area contributed by atoms with E-state index in [1.165, 1.54) is 25.0 Å². The molecule has 0 bridgehead atoms. The van der Waals surface area contributed by atoms with E-state index in [2.05, 4.69) is 5.10 Å². The monoisotopic (exact) mass is 298 g/mol. The van der Waals surface area contributed by atoms with Crippen molar-refractivity contribution in [3.05, 3.63) is 47.3 Å². The molecular formula is C17H18N2O3. The Morgan fingerprint density at radius 2 is 2.18 bits per heavy atom. The Kier molecular flexibility index (Phi) is 3.71.